The number of ether oxygens (including phenoxy) is 1. The molecule has 0 bridgehead atoms. The van der Waals surface area contributed by atoms with Crippen LogP contribution < -0.4 is 10.1 Å². The van der Waals surface area contributed by atoms with E-state index in [1.807, 2.05) is 13.0 Å². The predicted molar refractivity (Wildman–Crippen MR) is 107 cm³/mol. The monoisotopic (exact) mass is 402 g/mol. The third kappa shape index (κ3) is 3.31. The van der Waals surface area contributed by atoms with Gasteiger partial charge < -0.3 is 9.84 Å². The van der Waals surface area contributed by atoms with Crippen molar-refractivity contribution in [3.8, 4) is 5.75 Å². The number of aliphatic carboxylic acids is 1. The highest BCUT2D eigenvalue weighted by Gasteiger charge is 2.69. The third-order valence-electron chi connectivity index (χ3n) is 6.08. The molecular formula is C22H30N2O5. The predicted octanol–water partition coefficient (Wildman–Crippen LogP) is 2.75. The van der Waals surface area contributed by atoms with Gasteiger partial charge in [-0.25, -0.2) is 0 Å². The number of fused-ring (bicyclic) bond motifs is 1. The lowest BCUT2D eigenvalue weighted by Crippen LogP contribution is -2.57. The van der Waals surface area contributed by atoms with E-state index < -0.39 is 40.8 Å². The number of carboxylic acids is 1. The maximum absolute atomic E-state index is 13.4. The molecule has 29 heavy (non-hydrogen) atoms. The van der Waals surface area contributed by atoms with E-state index in [2.05, 4.69) is 5.32 Å². The van der Waals surface area contributed by atoms with Gasteiger partial charge >= 0.3 is 5.97 Å². The second kappa shape index (κ2) is 7.44. The van der Waals surface area contributed by atoms with E-state index in [9.17, 15) is 19.5 Å². The highest BCUT2D eigenvalue weighted by molar-refractivity contribution is 6.10. The Hall–Kier alpha value is -2.41. The van der Waals surface area contributed by atoms with E-state index in [1.165, 1.54) is 4.90 Å². The van der Waals surface area contributed by atoms with Gasteiger partial charge in [-0.3, -0.25) is 24.6 Å². The van der Waals surface area contributed by atoms with E-state index in [0.29, 0.717) is 12.2 Å². The minimum absolute atomic E-state index is 0.289. The van der Waals surface area contributed by atoms with E-state index in [0.717, 1.165) is 12.0 Å². The Kier molecular flexibility index (Phi) is 5.47. The Labute approximate surface area is 171 Å². The van der Waals surface area contributed by atoms with Crippen LogP contribution >= 0.6 is 0 Å². The van der Waals surface area contributed by atoms with Gasteiger partial charge in [0.1, 0.15) is 11.3 Å². The van der Waals surface area contributed by atoms with Crippen molar-refractivity contribution < 1.29 is 24.2 Å². The largest absolute Gasteiger partial charge is 0.497 e. The molecular weight excluding hydrogens is 372 g/mol. The van der Waals surface area contributed by atoms with Crippen LogP contribution in [-0.4, -0.2) is 46.0 Å². The summed E-state index contributed by atoms with van der Waals surface area (Å²) < 4.78 is 5.31. The molecule has 3 rings (SSSR count). The number of rotatable bonds is 6. The van der Waals surface area contributed by atoms with Crippen molar-refractivity contribution in [3.63, 3.8) is 0 Å². The second-order valence-corrected chi connectivity index (χ2v) is 8.96. The first-order valence-corrected chi connectivity index (χ1v) is 10.1. The quantitative estimate of drug-likeness (QED) is 0.711. The van der Waals surface area contributed by atoms with Gasteiger partial charge in [0.25, 0.3) is 0 Å². The van der Waals surface area contributed by atoms with Crippen LogP contribution in [0, 0.1) is 11.8 Å². The molecule has 7 heteroatoms. The molecule has 4 unspecified atom stereocenters. The fourth-order valence-electron chi connectivity index (χ4n) is 4.77. The van der Waals surface area contributed by atoms with Gasteiger partial charge in [-0.15, -0.1) is 0 Å². The van der Waals surface area contributed by atoms with E-state index in [4.69, 9.17) is 4.74 Å². The van der Waals surface area contributed by atoms with Gasteiger partial charge in [-0.05, 0) is 44.9 Å². The number of likely N-dealkylation sites (tertiary alicyclic amines) is 1. The van der Waals surface area contributed by atoms with Crippen molar-refractivity contribution in [2.45, 2.75) is 64.1 Å². The van der Waals surface area contributed by atoms with Crippen LogP contribution in [0.5, 0.6) is 5.75 Å². The van der Waals surface area contributed by atoms with Gasteiger partial charge in [-0.2, -0.15) is 0 Å². The van der Waals surface area contributed by atoms with Gasteiger partial charge in [0.15, 0.2) is 0 Å². The maximum atomic E-state index is 13.4. The molecule has 2 aliphatic rings. The van der Waals surface area contributed by atoms with Gasteiger partial charge in [0, 0.05) is 11.6 Å². The summed E-state index contributed by atoms with van der Waals surface area (Å²) in [5.74, 6) is -2.87. The zero-order valence-corrected chi connectivity index (χ0v) is 17.7. The number of nitrogens with zero attached hydrogens (tertiary/aromatic N) is 1. The summed E-state index contributed by atoms with van der Waals surface area (Å²) in [5.41, 5.74) is -1.44. The molecule has 4 atom stereocenters. The molecule has 2 fully saturated rings. The molecule has 158 valence electrons. The van der Waals surface area contributed by atoms with E-state index in [-0.39, 0.29) is 12.3 Å². The number of unbranched alkanes of at least 4 members (excludes halogenated alkanes) is 1. The number of hydrogen-bond donors (Lipinski definition) is 2. The SMILES string of the molecule is CCCCC1(C(=O)O)NC(c2cccc(OC)c2)C2C(=O)N(C(C)(C)C)C(=O)C21. The van der Waals surface area contributed by atoms with Crippen LogP contribution in [0.1, 0.15) is 58.6 Å². The lowest BCUT2D eigenvalue weighted by molar-refractivity contribution is -0.154. The molecule has 2 N–H and O–H groups in total. The first-order chi connectivity index (χ1) is 13.6. The van der Waals surface area contributed by atoms with Crippen LogP contribution in [0.3, 0.4) is 0 Å². The van der Waals surface area contributed by atoms with Crippen LogP contribution in [0.25, 0.3) is 0 Å². The zero-order chi connectivity index (χ0) is 21.6. The van der Waals surface area contributed by atoms with E-state index in [1.54, 1.807) is 46.1 Å². The number of carbonyl (C=O) groups excluding carboxylic acids is 2. The molecule has 0 aromatic heterocycles. The molecule has 2 saturated heterocycles. The number of benzene rings is 1. The molecule has 0 spiro atoms. The van der Waals surface area contributed by atoms with E-state index >= 15 is 0 Å². The van der Waals surface area contributed by atoms with Crippen molar-refractivity contribution in [3.05, 3.63) is 29.8 Å². The normalized spacial score (nSPS) is 29.3. The number of nitrogens with one attached hydrogen (secondary N) is 1. The van der Waals surface area contributed by atoms with Gasteiger partial charge in [-0.1, -0.05) is 31.9 Å². The Bertz CT molecular complexity index is 831. The fraction of sp³-hybridized carbons (Fsp3) is 0.591. The summed E-state index contributed by atoms with van der Waals surface area (Å²) in [6.45, 7) is 7.37. The molecule has 0 radical (unpaired) electrons. The molecule has 2 amide bonds. The van der Waals surface area contributed by atoms with Gasteiger partial charge in [0.2, 0.25) is 11.8 Å². The maximum Gasteiger partial charge on any atom is 0.324 e. The summed E-state index contributed by atoms with van der Waals surface area (Å²) in [5, 5.41) is 13.4. The number of amides is 2. The Morgan fingerprint density at radius 3 is 2.52 bits per heavy atom. The fourth-order valence-corrected chi connectivity index (χ4v) is 4.77. The number of carboxylic acid groups (broad SMARTS) is 1. The van der Waals surface area contributed by atoms with Crippen molar-refractivity contribution in [2.75, 3.05) is 7.11 Å². The number of methoxy groups -OCH3 is 1. The first-order valence-electron chi connectivity index (χ1n) is 10.1. The van der Waals surface area contributed by atoms with Crippen molar-refractivity contribution in [1.82, 2.24) is 10.2 Å². The molecule has 1 aromatic rings. The highest BCUT2D eigenvalue weighted by Crippen LogP contribution is 2.52. The summed E-state index contributed by atoms with van der Waals surface area (Å²) in [6.07, 6.45) is 1.73. The standard InChI is InChI=1S/C22H30N2O5/c1-6-7-11-22(20(27)28)16-15(18(25)24(19(16)26)21(2,3)4)17(23-22)13-9-8-10-14(12-13)29-5/h8-10,12,15-17,23H,6-7,11H2,1-5H3,(H,27,28). The molecule has 2 heterocycles. The number of imide groups is 1. The van der Waals surface area contributed by atoms with Crippen LogP contribution in [0.4, 0.5) is 0 Å². The molecule has 7 nitrogen and oxygen atoms in total. The Morgan fingerprint density at radius 1 is 1.28 bits per heavy atom. The molecule has 0 saturated carbocycles. The lowest BCUT2D eigenvalue weighted by atomic mass is 9.76. The molecule has 2 aliphatic heterocycles. The van der Waals surface area contributed by atoms with Crippen molar-refractivity contribution >= 4 is 17.8 Å². The summed E-state index contributed by atoms with van der Waals surface area (Å²) in [6, 6.07) is 6.66. The number of hydrogen-bond acceptors (Lipinski definition) is 5. The topological polar surface area (TPSA) is 95.9 Å². The van der Waals surface area contributed by atoms with Crippen LogP contribution in [0.2, 0.25) is 0 Å². The molecule has 1 aromatic carbocycles. The Morgan fingerprint density at radius 2 is 1.97 bits per heavy atom. The second-order valence-electron chi connectivity index (χ2n) is 8.96. The summed E-state index contributed by atoms with van der Waals surface area (Å²) in [7, 11) is 1.55. The Balaban J connectivity index is 2.16. The smallest absolute Gasteiger partial charge is 0.324 e. The highest BCUT2D eigenvalue weighted by atomic mass is 16.5. The van der Waals surface area contributed by atoms with Crippen molar-refractivity contribution in [2.24, 2.45) is 11.8 Å². The van der Waals surface area contributed by atoms with Crippen LogP contribution in [0.15, 0.2) is 24.3 Å². The average Bonchev–Trinajstić information content (AvgIpc) is 3.14. The lowest BCUT2D eigenvalue weighted by Gasteiger charge is -2.35. The minimum Gasteiger partial charge on any atom is -0.497 e. The first kappa shape index (κ1) is 21.3. The third-order valence-corrected chi connectivity index (χ3v) is 6.08. The van der Waals surface area contributed by atoms with Gasteiger partial charge in [0.05, 0.1) is 18.9 Å². The van der Waals surface area contributed by atoms with Crippen LogP contribution in [-0.2, 0) is 14.4 Å². The summed E-state index contributed by atoms with van der Waals surface area (Å²) in [4.78, 5) is 40.6. The van der Waals surface area contributed by atoms with Crippen molar-refractivity contribution in [1.29, 1.82) is 0 Å². The summed E-state index contributed by atoms with van der Waals surface area (Å²) >= 11 is 0. The number of carbonyl (C=O) groups is 3. The average molecular weight is 402 g/mol. The minimum atomic E-state index is -1.47. The zero-order valence-electron chi connectivity index (χ0n) is 17.7. The molecule has 0 aliphatic carbocycles.